The van der Waals surface area contributed by atoms with Crippen molar-refractivity contribution in [1.82, 2.24) is 15.2 Å². The number of benzene rings is 1. The normalized spacial score (nSPS) is 10.2. The van der Waals surface area contributed by atoms with Crippen LogP contribution in [-0.4, -0.2) is 15.2 Å². The summed E-state index contributed by atoms with van der Waals surface area (Å²) in [6.45, 7) is 0. The Balaban J connectivity index is 2.27. The first-order chi connectivity index (χ1) is 7.63. The Morgan fingerprint density at radius 3 is 2.44 bits per heavy atom. The fraction of sp³-hybridized carbons (Fsp3) is 0. The third-order valence-corrected chi connectivity index (χ3v) is 1.73. The van der Waals surface area contributed by atoms with Crippen molar-refractivity contribution in [1.29, 1.82) is 0 Å². The van der Waals surface area contributed by atoms with Crippen LogP contribution in [0.1, 0.15) is 0 Å². The van der Waals surface area contributed by atoms with Crippen molar-refractivity contribution in [2.24, 2.45) is 0 Å². The van der Waals surface area contributed by atoms with Crippen molar-refractivity contribution in [3.05, 3.63) is 41.3 Å². The van der Waals surface area contributed by atoms with E-state index in [0.717, 1.165) is 18.2 Å². The summed E-state index contributed by atoms with van der Waals surface area (Å²) in [5, 5.41) is 6.74. The molecule has 0 aliphatic heterocycles. The Morgan fingerprint density at radius 1 is 1.12 bits per heavy atom. The Labute approximate surface area is 93.9 Å². The molecule has 0 unspecified atom stereocenters. The second-order valence-corrected chi connectivity index (χ2v) is 3.11. The van der Waals surface area contributed by atoms with Gasteiger partial charge in [-0.15, -0.1) is 5.10 Å². The minimum Gasteiger partial charge on any atom is -0.437 e. The Kier molecular flexibility index (Phi) is 2.91. The van der Waals surface area contributed by atoms with E-state index in [1.54, 1.807) is 0 Å². The first kappa shape index (κ1) is 10.7. The maximum atomic E-state index is 12.8. The summed E-state index contributed by atoms with van der Waals surface area (Å²) in [5.74, 6) is -1.52. The van der Waals surface area contributed by atoms with Gasteiger partial charge in [0.1, 0.15) is 23.6 Å². The van der Waals surface area contributed by atoms with Crippen LogP contribution in [0.25, 0.3) is 0 Å². The summed E-state index contributed by atoms with van der Waals surface area (Å²) in [4.78, 5) is 3.65. The topological polar surface area (TPSA) is 47.9 Å². The zero-order chi connectivity index (χ0) is 11.5. The molecule has 1 aromatic heterocycles. The third-order valence-electron chi connectivity index (χ3n) is 1.57. The molecule has 0 amide bonds. The Bertz CT molecular complexity index is 504. The number of aromatic nitrogens is 3. The maximum Gasteiger partial charge on any atom is 0.246 e. The molecule has 1 aromatic carbocycles. The van der Waals surface area contributed by atoms with Gasteiger partial charge < -0.3 is 4.74 Å². The number of hydrogen-bond donors (Lipinski definition) is 0. The number of hydrogen-bond acceptors (Lipinski definition) is 4. The van der Waals surface area contributed by atoms with Crippen molar-refractivity contribution in [3.8, 4) is 11.6 Å². The lowest BCUT2D eigenvalue weighted by molar-refractivity contribution is 0.446. The number of nitrogens with zero attached hydrogens (tertiary/aromatic N) is 3. The van der Waals surface area contributed by atoms with Gasteiger partial charge in [0.25, 0.3) is 0 Å². The fourth-order valence-corrected chi connectivity index (χ4v) is 1.15. The molecule has 1 heterocycles. The van der Waals surface area contributed by atoms with Crippen molar-refractivity contribution in [2.75, 3.05) is 0 Å². The monoisotopic (exact) mass is 243 g/mol. The van der Waals surface area contributed by atoms with E-state index in [4.69, 9.17) is 16.3 Å². The molecule has 0 saturated carbocycles. The van der Waals surface area contributed by atoms with Gasteiger partial charge in [0.2, 0.25) is 11.2 Å². The lowest BCUT2D eigenvalue weighted by atomic mass is 10.3. The molecule has 0 radical (unpaired) electrons. The van der Waals surface area contributed by atoms with Crippen LogP contribution in [0.15, 0.2) is 24.4 Å². The minimum absolute atomic E-state index is 0.00463. The van der Waals surface area contributed by atoms with Crippen LogP contribution >= 0.6 is 11.6 Å². The smallest absolute Gasteiger partial charge is 0.246 e. The molecule has 2 rings (SSSR count). The highest BCUT2D eigenvalue weighted by molar-refractivity contribution is 6.28. The van der Waals surface area contributed by atoms with Crippen molar-refractivity contribution in [3.63, 3.8) is 0 Å². The van der Waals surface area contributed by atoms with Gasteiger partial charge in [-0.2, -0.15) is 10.1 Å². The molecule has 0 atom stereocenters. The predicted molar refractivity (Wildman–Crippen MR) is 51.3 cm³/mol. The number of halogens is 3. The predicted octanol–water partition coefficient (Wildman–Crippen LogP) is 2.60. The summed E-state index contributed by atoms with van der Waals surface area (Å²) in [7, 11) is 0. The first-order valence-electron chi connectivity index (χ1n) is 4.12. The van der Waals surface area contributed by atoms with Crippen LogP contribution in [-0.2, 0) is 0 Å². The molecular weight excluding hydrogens is 240 g/mol. The van der Waals surface area contributed by atoms with Gasteiger partial charge in [-0.25, -0.2) is 8.78 Å². The van der Waals surface area contributed by atoms with E-state index >= 15 is 0 Å². The number of rotatable bonds is 2. The minimum atomic E-state index is -0.747. The van der Waals surface area contributed by atoms with Crippen molar-refractivity contribution in [2.45, 2.75) is 0 Å². The summed E-state index contributed by atoms with van der Waals surface area (Å²) in [5.41, 5.74) is 0. The molecule has 0 fully saturated rings. The quantitative estimate of drug-likeness (QED) is 0.813. The van der Waals surface area contributed by atoms with E-state index in [1.165, 1.54) is 6.20 Å². The standard InChI is InChI=1S/C9H4ClF2N3O/c10-9-14-8(4-13-15-9)16-7-2-5(11)1-6(12)3-7/h1-4H. The summed E-state index contributed by atoms with van der Waals surface area (Å²) in [6, 6.07) is 2.76. The van der Waals surface area contributed by atoms with Crippen LogP contribution in [0.3, 0.4) is 0 Å². The van der Waals surface area contributed by atoms with E-state index in [9.17, 15) is 8.78 Å². The molecule has 82 valence electrons. The molecule has 0 N–H and O–H groups in total. The lowest BCUT2D eigenvalue weighted by Gasteiger charge is -2.03. The SMILES string of the molecule is Fc1cc(F)cc(Oc2cnnc(Cl)n2)c1. The molecule has 7 heteroatoms. The average molecular weight is 244 g/mol. The van der Waals surface area contributed by atoms with E-state index in [2.05, 4.69) is 15.2 Å². The van der Waals surface area contributed by atoms with Gasteiger partial charge in [0.05, 0.1) is 0 Å². The lowest BCUT2D eigenvalue weighted by Crippen LogP contribution is -1.93. The Hall–Kier alpha value is -1.82. The van der Waals surface area contributed by atoms with Crippen molar-refractivity contribution < 1.29 is 13.5 Å². The third kappa shape index (κ3) is 2.60. The Morgan fingerprint density at radius 2 is 1.81 bits per heavy atom. The average Bonchev–Trinajstić information content (AvgIpc) is 2.15. The van der Waals surface area contributed by atoms with Crippen LogP contribution in [0.5, 0.6) is 11.6 Å². The van der Waals surface area contributed by atoms with E-state index < -0.39 is 11.6 Å². The largest absolute Gasteiger partial charge is 0.437 e. The zero-order valence-corrected chi connectivity index (χ0v) is 8.45. The molecule has 0 aliphatic rings. The molecule has 0 spiro atoms. The van der Waals surface area contributed by atoms with Gasteiger partial charge in [-0.3, -0.25) is 0 Å². The highest BCUT2D eigenvalue weighted by Crippen LogP contribution is 2.21. The summed E-state index contributed by atoms with van der Waals surface area (Å²) in [6.07, 6.45) is 1.18. The fourth-order valence-electron chi connectivity index (χ4n) is 1.03. The maximum absolute atomic E-state index is 12.8. The molecule has 16 heavy (non-hydrogen) atoms. The number of ether oxygens (including phenoxy) is 1. The molecule has 2 aromatic rings. The van der Waals surface area contributed by atoms with Gasteiger partial charge >= 0.3 is 0 Å². The van der Waals surface area contributed by atoms with Gasteiger partial charge in [-0.1, -0.05) is 0 Å². The molecular formula is C9H4ClF2N3O. The van der Waals surface area contributed by atoms with Crippen LogP contribution in [0, 0.1) is 11.6 Å². The molecule has 4 nitrogen and oxygen atoms in total. The van der Waals surface area contributed by atoms with Gasteiger partial charge in [0, 0.05) is 18.2 Å². The molecule has 0 aliphatic carbocycles. The van der Waals surface area contributed by atoms with E-state index in [-0.39, 0.29) is 16.9 Å². The first-order valence-corrected chi connectivity index (χ1v) is 4.50. The van der Waals surface area contributed by atoms with Crippen molar-refractivity contribution >= 4 is 11.6 Å². The highest BCUT2D eigenvalue weighted by atomic mass is 35.5. The van der Waals surface area contributed by atoms with Crippen LogP contribution in [0.2, 0.25) is 5.28 Å². The summed E-state index contributed by atoms with van der Waals surface area (Å²) < 4.78 is 30.7. The van der Waals surface area contributed by atoms with E-state index in [0.29, 0.717) is 0 Å². The van der Waals surface area contributed by atoms with Crippen LogP contribution < -0.4 is 4.74 Å². The zero-order valence-electron chi connectivity index (χ0n) is 7.69. The highest BCUT2D eigenvalue weighted by Gasteiger charge is 2.05. The van der Waals surface area contributed by atoms with Crippen LogP contribution in [0.4, 0.5) is 8.78 Å². The second kappa shape index (κ2) is 4.36. The van der Waals surface area contributed by atoms with Gasteiger partial charge in [0.15, 0.2) is 0 Å². The summed E-state index contributed by atoms with van der Waals surface area (Å²) >= 11 is 5.46. The second-order valence-electron chi connectivity index (χ2n) is 2.77. The molecule has 0 saturated heterocycles. The molecule has 0 bridgehead atoms. The van der Waals surface area contributed by atoms with E-state index in [1.807, 2.05) is 0 Å². The van der Waals surface area contributed by atoms with Gasteiger partial charge in [-0.05, 0) is 11.6 Å².